The van der Waals surface area contributed by atoms with Crippen LogP contribution in [0.4, 0.5) is 0 Å². The van der Waals surface area contributed by atoms with E-state index in [1.54, 1.807) is 11.9 Å². The first-order valence-electron chi connectivity index (χ1n) is 6.60. The van der Waals surface area contributed by atoms with E-state index >= 15 is 0 Å². The number of hydrogen-bond acceptors (Lipinski definition) is 3. The van der Waals surface area contributed by atoms with Crippen molar-refractivity contribution in [3.63, 3.8) is 0 Å². The molecule has 0 spiro atoms. The van der Waals surface area contributed by atoms with Crippen LogP contribution in [0.25, 0.3) is 0 Å². The Balaban J connectivity index is 4.27. The molecule has 0 rings (SSSR count). The quantitative estimate of drug-likeness (QED) is 0.729. The summed E-state index contributed by atoms with van der Waals surface area (Å²) in [6.45, 7) is 9.30. The van der Waals surface area contributed by atoms with E-state index in [1.165, 1.54) is 4.90 Å². The molecule has 0 aliphatic carbocycles. The average molecular weight is 257 g/mol. The fourth-order valence-corrected chi connectivity index (χ4v) is 1.56. The summed E-state index contributed by atoms with van der Waals surface area (Å²) >= 11 is 0. The standard InChI is InChI=1S/C13H27N3O2/c1-6-16(7-2)13(18)9-15(5)12(17)8-11(14)10(3)4/h10-11H,6-9,14H2,1-5H3. The average Bonchev–Trinajstić information content (AvgIpc) is 2.29. The van der Waals surface area contributed by atoms with Gasteiger partial charge in [0.15, 0.2) is 0 Å². The molecule has 5 nitrogen and oxygen atoms in total. The van der Waals surface area contributed by atoms with E-state index < -0.39 is 0 Å². The van der Waals surface area contributed by atoms with E-state index in [4.69, 9.17) is 5.73 Å². The molecular weight excluding hydrogens is 230 g/mol. The largest absolute Gasteiger partial charge is 0.342 e. The highest BCUT2D eigenvalue weighted by molar-refractivity contribution is 5.84. The molecule has 0 aromatic rings. The molecule has 0 heterocycles. The maximum atomic E-state index is 11.9. The van der Waals surface area contributed by atoms with Crippen LogP contribution < -0.4 is 5.73 Å². The fraction of sp³-hybridized carbons (Fsp3) is 0.846. The van der Waals surface area contributed by atoms with Crippen LogP contribution in [-0.4, -0.2) is 54.3 Å². The Kier molecular flexibility index (Phi) is 7.59. The molecule has 0 aliphatic heterocycles. The lowest BCUT2D eigenvalue weighted by Crippen LogP contribution is -2.43. The van der Waals surface area contributed by atoms with Crippen molar-refractivity contribution >= 4 is 11.8 Å². The second kappa shape index (κ2) is 8.08. The third kappa shape index (κ3) is 5.49. The molecule has 5 heteroatoms. The first-order chi connectivity index (χ1) is 8.33. The molecule has 2 amide bonds. The van der Waals surface area contributed by atoms with Gasteiger partial charge in [-0.15, -0.1) is 0 Å². The van der Waals surface area contributed by atoms with Crippen molar-refractivity contribution in [3.8, 4) is 0 Å². The van der Waals surface area contributed by atoms with Gasteiger partial charge in [0.1, 0.15) is 0 Å². The van der Waals surface area contributed by atoms with Crippen LogP contribution in [0, 0.1) is 5.92 Å². The van der Waals surface area contributed by atoms with Crippen molar-refractivity contribution < 1.29 is 9.59 Å². The molecule has 1 unspecified atom stereocenters. The van der Waals surface area contributed by atoms with Gasteiger partial charge >= 0.3 is 0 Å². The predicted octanol–water partition coefficient (Wildman–Crippen LogP) is 0.687. The first kappa shape index (κ1) is 16.9. The maximum Gasteiger partial charge on any atom is 0.242 e. The van der Waals surface area contributed by atoms with E-state index in [0.29, 0.717) is 19.5 Å². The highest BCUT2D eigenvalue weighted by atomic mass is 16.2. The lowest BCUT2D eigenvalue weighted by molar-refractivity contribution is -0.139. The highest BCUT2D eigenvalue weighted by Gasteiger charge is 2.19. The molecule has 0 aromatic heterocycles. The van der Waals surface area contributed by atoms with E-state index in [2.05, 4.69) is 0 Å². The molecule has 2 N–H and O–H groups in total. The lowest BCUT2D eigenvalue weighted by atomic mass is 10.0. The summed E-state index contributed by atoms with van der Waals surface area (Å²) in [5.74, 6) is 0.173. The van der Waals surface area contributed by atoms with E-state index in [-0.39, 0.29) is 30.3 Å². The van der Waals surface area contributed by atoms with E-state index in [9.17, 15) is 9.59 Å². The van der Waals surface area contributed by atoms with Crippen LogP contribution in [-0.2, 0) is 9.59 Å². The highest BCUT2D eigenvalue weighted by Crippen LogP contribution is 2.05. The number of carbonyl (C=O) groups is 2. The molecule has 0 saturated heterocycles. The molecule has 0 fully saturated rings. The van der Waals surface area contributed by atoms with Gasteiger partial charge in [-0.1, -0.05) is 13.8 Å². The predicted molar refractivity (Wildman–Crippen MR) is 73.0 cm³/mol. The van der Waals surface area contributed by atoms with Gasteiger partial charge < -0.3 is 15.5 Å². The molecule has 18 heavy (non-hydrogen) atoms. The topological polar surface area (TPSA) is 66.6 Å². The molecule has 0 aliphatic rings. The minimum atomic E-state index is -0.150. The van der Waals surface area contributed by atoms with Gasteiger partial charge in [0.05, 0.1) is 6.54 Å². The summed E-state index contributed by atoms with van der Waals surface area (Å²) in [6.07, 6.45) is 0.291. The van der Waals surface area contributed by atoms with Gasteiger partial charge in [0, 0.05) is 32.6 Å². The smallest absolute Gasteiger partial charge is 0.242 e. The Labute approximate surface area is 110 Å². The SMILES string of the molecule is CCN(CC)C(=O)CN(C)C(=O)CC(N)C(C)C. The maximum absolute atomic E-state index is 11.9. The second-order valence-corrected chi connectivity index (χ2v) is 4.93. The third-order valence-corrected chi connectivity index (χ3v) is 3.18. The van der Waals surface area contributed by atoms with Gasteiger partial charge in [0.2, 0.25) is 11.8 Å². The number of hydrogen-bond donors (Lipinski definition) is 1. The molecule has 0 saturated carbocycles. The van der Waals surface area contributed by atoms with Crippen LogP contribution >= 0.6 is 0 Å². The summed E-state index contributed by atoms with van der Waals surface area (Å²) in [6, 6.07) is -0.150. The first-order valence-corrected chi connectivity index (χ1v) is 6.60. The summed E-state index contributed by atoms with van der Waals surface area (Å²) in [5.41, 5.74) is 5.86. The third-order valence-electron chi connectivity index (χ3n) is 3.18. The summed E-state index contributed by atoms with van der Waals surface area (Å²) in [5, 5.41) is 0. The Morgan fingerprint density at radius 3 is 2.00 bits per heavy atom. The minimum Gasteiger partial charge on any atom is -0.342 e. The number of amides is 2. The molecule has 1 atom stereocenters. The van der Waals surface area contributed by atoms with Gasteiger partial charge in [-0.3, -0.25) is 9.59 Å². The van der Waals surface area contributed by atoms with Crippen molar-refractivity contribution in [2.75, 3.05) is 26.7 Å². The van der Waals surface area contributed by atoms with Crippen molar-refractivity contribution in [1.29, 1.82) is 0 Å². The van der Waals surface area contributed by atoms with Crippen LogP contribution in [0.2, 0.25) is 0 Å². The Bertz CT molecular complexity index is 275. The van der Waals surface area contributed by atoms with Gasteiger partial charge in [0.25, 0.3) is 0 Å². The number of carbonyl (C=O) groups excluding carboxylic acids is 2. The van der Waals surface area contributed by atoms with Crippen molar-refractivity contribution in [2.24, 2.45) is 11.7 Å². The van der Waals surface area contributed by atoms with Crippen LogP contribution in [0.3, 0.4) is 0 Å². The van der Waals surface area contributed by atoms with Crippen molar-refractivity contribution in [3.05, 3.63) is 0 Å². The summed E-state index contributed by atoms with van der Waals surface area (Å²) < 4.78 is 0. The van der Waals surface area contributed by atoms with Crippen molar-refractivity contribution in [2.45, 2.75) is 40.2 Å². The zero-order valence-corrected chi connectivity index (χ0v) is 12.3. The number of nitrogens with two attached hydrogens (primary N) is 1. The minimum absolute atomic E-state index is 0.0195. The van der Waals surface area contributed by atoms with Crippen molar-refractivity contribution in [1.82, 2.24) is 9.80 Å². The Morgan fingerprint density at radius 1 is 1.11 bits per heavy atom. The van der Waals surface area contributed by atoms with Gasteiger partial charge in [-0.05, 0) is 19.8 Å². The Hall–Kier alpha value is -1.10. The van der Waals surface area contributed by atoms with Gasteiger partial charge in [-0.2, -0.15) is 0 Å². The summed E-state index contributed by atoms with van der Waals surface area (Å²) in [7, 11) is 1.65. The van der Waals surface area contributed by atoms with Crippen LogP contribution in [0.5, 0.6) is 0 Å². The number of rotatable bonds is 7. The molecule has 0 radical (unpaired) electrons. The second-order valence-electron chi connectivity index (χ2n) is 4.93. The van der Waals surface area contributed by atoms with Crippen LogP contribution in [0.1, 0.15) is 34.1 Å². The van der Waals surface area contributed by atoms with E-state index in [0.717, 1.165) is 0 Å². The Morgan fingerprint density at radius 2 is 1.61 bits per heavy atom. The molecular formula is C13H27N3O2. The molecule has 0 bridgehead atoms. The normalized spacial score (nSPS) is 12.4. The zero-order chi connectivity index (χ0) is 14.3. The molecule has 106 valence electrons. The van der Waals surface area contributed by atoms with Crippen LogP contribution in [0.15, 0.2) is 0 Å². The number of likely N-dealkylation sites (N-methyl/N-ethyl adjacent to an activating group) is 2. The number of nitrogens with zero attached hydrogens (tertiary/aromatic N) is 2. The lowest BCUT2D eigenvalue weighted by Gasteiger charge is -2.24. The van der Waals surface area contributed by atoms with E-state index in [1.807, 2.05) is 27.7 Å². The fourth-order valence-electron chi connectivity index (χ4n) is 1.56. The van der Waals surface area contributed by atoms with Gasteiger partial charge in [-0.25, -0.2) is 0 Å². The molecule has 0 aromatic carbocycles. The zero-order valence-electron chi connectivity index (χ0n) is 12.3. The monoisotopic (exact) mass is 257 g/mol. The summed E-state index contributed by atoms with van der Waals surface area (Å²) in [4.78, 5) is 26.9.